The summed E-state index contributed by atoms with van der Waals surface area (Å²) in [6, 6.07) is 0. The van der Waals surface area contributed by atoms with Gasteiger partial charge in [0.05, 0.1) is 19.1 Å². The molecule has 0 amide bonds. The molecule has 0 saturated heterocycles. The van der Waals surface area contributed by atoms with Gasteiger partial charge in [0.2, 0.25) is 0 Å². The Hall–Kier alpha value is -0.450. The van der Waals surface area contributed by atoms with Crippen molar-refractivity contribution in [2.45, 2.75) is 83.9 Å². The lowest BCUT2D eigenvalue weighted by atomic mass is 9.94. The summed E-state index contributed by atoms with van der Waals surface area (Å²) in [7, 11) is 0. The summed E-state index contributed by atoms with van der Waals surface area (Å²) in [5, 5.41) is 0.637. The molecular formula is C20H33Cl3O4. The predicted octanol–water partition coefficient (Wildman–Crippen LogP) is 6.56. The molecule has 158 valence electrons. The van der Waals surface area contributed by atoms with Crippen molar-refractivity contribution >= 4 is 46.7 Å². The fourth-order valence-corrected chi connectivity index (χ4v) is 3.61. The second kappa shape index (κ2) is 14.5. The van der Waals surface area contributed by atoms with Gasteiger partial charge < -0.3 is 9.47 Å². The van der Waals surface area contributed by atoms with Gasteiger partial charge in [-0.2, -0.15) is 0 Å². The number of hydrogen-bond donors (Lipinski definition) is 0. The molecule has 0 rings (SSSR count). The van der Waals surface area contributed by atoms with Crippen LogP contribution in [0.4, 0.5) is 0 Å². The minimum Gasteiger partial charge on any atom is -0.466 e. The lowest BCUT2D eigenvalue weighted by molar-refractivity contribution is -0.148. The van der Waals surface area contributed by atoms with E-state index in [1.165, 1.54) is 0 Å². The highest BCUT2D eigenvalue weighted by Gasteiger charge is 2.38. The van der Waals surface area contributed by atoms with Crippen LogP contribution in [0, 0.1) is 5.92 Å². The summed E-state index contributed by atoms with van der Waals surface area (Å²) in [5.74, 6) is -1.12. The van der Waals surface area contributed by atoms with Gasteiger partial charge >= 0.3 is 11.9 Å². The standard InChI is InChI=1S/C20H33Cl3O4/c1-5-9-11-15(18(24)26-7-3)13-16(21)17(22)14-20(23,12-10-6-2)19(25)27-8-4/h15H,5-14H2,1-4H3. The normalized spacial score (nSPS) is 15.5. The Labute approximate surface area is 178 Å². The average molecular weight is 444 g/mol. The molecule has 0 saturated carbocycles. The number of rotatable bonds is 14. The molecule has 0 bridgehead atoms. The van der Waals surface area contributed by atoms with Crippen LogP contribution < -0.4 is 0 Å². The van der Waals surface area contributed by atoms with Crippen LogP contribution in [0.15, 0.2) is 10.1 Å². The molecule has 0 aromatic heterocycles. The summed E-state index contributed by atoms with van der Waals surface area (Å²) < 4.78 is 10.3. The van der Waals surface area contributed by atoms with Gasteiger partial charge in [0.15, 0.2) is 0 Å². The third-order valence-corrected chi connectivity index (χ3v) is 5.57. The number of hydrogen-bond acceptors (Lipinski definition) is 4. The molecule has 0 heterocycles. The number of halogens is 3. The van der Waals surface area contributed by atoms with E-state index in [4.69, 9.17) is 44.3 Å². The van der Waals surface area contributed by atoms with E-state index in [9.17, 15) is 9.59 Å². The Balaban J connectivity index is 5.31. The van der Waals surface area contributed by atoms with Crippen LogP contribution in [-0.4, -0.2) is 30.0 Å². The molecule has 0 aromatic rings. The smallest absolute Gasteiger partial charge is 0.327 e. The highest BCUT2D eigenvalue weighted by Crippen LogP contribution is 2.37. The molecule has 0 radical (unpaired) electrons. The van der Waals surface area contributed by atoms with Crippen LogP contribution in [0.1, 0.15) is 79.1 Å². The van der Waals surface area contributed by atoms with E-state index >= 15 is 0 Å². The van der Waals surface area contributed by atoms with Crippen LogP contribution in [-0.2, 0) is 19.1 Å². The summed E-state index contributed by atoms with van der Waals surface area (Å²) >= 11 is 19.4. The van der Waals surface area contributed by atoms with E-state index in [2.05, 4.69) is 6.92 Å². The van der Waals surface area contributed by atoms with E-state index in [-0.39, 0.29) is 31.3 Å². The molecule has 27 heavy (non-hydrogen) atoms. The van der Waals surface area contributed by atoms with Gasteiger partial charge in [-0.25, -0.2) is 0 Å². The molecule has 2 unspecified atom stereocenters. The van der Waals surface area contributed by atoms with Crippen LogP contribution in [0.5, 0.6) is 0 Å². The number of carbonyl (C=O) groups is 2. The highest BCUT2D eigenvalue weighted by atomic mass is 35.5. The molecule has 0 N–H and O–H groups in total. The van der Waals surface area contributed by atoms with Gasteiger partial charge in [0, 0.05) is 16.5 Å². The number of esters is 2. The molecule has 0 fully saturated rings. The zero-order chi connectivity index (χ0) is 20.9. The third-order valence-electron chi connectivity index (χ3n) is 4.25. The maximum Gasteiger partial charge on any atom is 0.327 e. The predicted molar refractivity (Wildman–Crippen MR) is 112 cm³/mol. The Bertz CT molecular complexity index is 494. The SMILES string of the molecule is CCCCC(CC(Cl)=C(Cl)CC(Cl)(CCCC)C(=O)OCC)C(=O)OCC. The quantitative estimate of drug-likeness (QED) is 0.225. The zero-order valence-corrected chi connectivity index (χ0v) is 19.2. The minimum atomic E-state index is -1.24. The number of ether oxygens (including phenoxy) is 2. The largest absolute Gasteiger partial charge is 0.466 e. The van der Waals surface area contributed by atoms with Crippen molar-refractivity contribution in [3.8, 4) is 0 Å². The zero-order valence-electron chi connectivity index (χ0n) is 16.9. The van der Waals surface area contributed by atoms with Crippen LogP contribution in [0.3, 0.4) is 0 Å². The fourth-order valence-electron chi connectivity index (χ4n) is 2.66. The Morgan fingerprint density at radius 3 is 2.04 bits per heavy atom. The lowest BCUT2D eigenvalue weighted by Crippen LogP contribution is -2.35. The van der Waals surface area contributed by atoms with E-state index in [1.54, 1.807) is 13.8 Å². The van der Waals surface area contributed by atoms with E-state index < -0.39 is 10.8 Å². The maximum absolute atomic E-state index is 12.3. The fraction of sp³-hybridized carbons (Fsp3) is 0.800. The van der Waals surface area contributed by atoms with Crippen LogP contribution in [0.25, 0.3) is 0 Å². The number of allylic oxidation sites excluding steroid dienone is 2. The summed E-state index contributed by atoms with van der Waals surface area (Å²) in [6.07, 6.45) is 5.01. The third kappa shape index (κ3) is 10.0. The molecule has 0 aliphatic rings. The number of unbranched alkanes of at least 4 members (excludes halogenated alkanes) is 2. The second-order valence-electron chi connectivity index (χ2n) is 6.57. The molecule has 4 nitrogen and oxygen atoms in total. The molecular weight excluding hydrogens is 411 g/mol. The maximum atomic E-state index is 12.3. The highest BCUT2D eigenvalue weighted by molar-refractivity contribution is 6.41. The van der Waals surface area contributed by atoms with Crippen molar-refractivity contribution in [1.82, 2.24) is 0 Å². The van der Waals surface area contributed by atoms with Gasteiger partial charge in [0.25, 0.3) is 0 Å². The molecule has 0 spiro atoms. The van der Waals surface area contributed by atoms with Crippen molar-refractivity contribution < 1.29 is 19.1 Å². The van der Waals surface area contributed by atoms with E-state index in [1.807, 2.05) is 6.92 Å². The van der Waals surface area contributed by atoms with Crippen molar-refractivity contribution in [2.24, 2.45) is 5.92 Å². The monoisotopic (exact) mass is 442 g/mol. The average Bonchev–Trinajstić information content (AvgIpc) is 2.63. The van der Waals surface area contributed by atoms with E-state index in [0.29, 0.717) is 29.5 Å². The molecule has 2 atom stereocenters. The molecule has 0 aliphatic carbocycles. The Kier molecular flexibility index (Phi) is 14.3. The Morgan fingerprint density at radius 1 is 0.926 bits per heavy atom. The topological polar surface area (TPSA) is 52.6 Å². The molecule has 0 aromatic carbocycles. The van der Waals surface area contributed by atoms with Crippen molar-refractivity contribution in [3.05, 3.63) is 10.1 Å². The summed E-state index contributed by atoms with van der Waals surface area (Å²) in [5.41, 5.74) is 0. The van der Waals surface area contributed by atoms with E-state index in [0.717, 1.165) is 25.7 Å². The molecule has 7 heteroatoms. The van der Waals surface area contributed by atoms with Crippen molar-refractivity contribution in [2.75, 3.05) is 13.2 Å². The summed E-state index contributed by atoms with van der Waals surface area (Å²) in [4.78, 5) is 23.3. The van der Waals surface area contributed by atoms with Gasteiger partial charge in [-0.3, -0.25) is 9.59 Å². The lowest BCUT2D eigenvalue weighted by Gasteiger charge is -2.25. The van der Waals surface area contributed by atoms with Gasteiger partial charge in [-0.1, -0.05) is 62.7 Å². The van der Waals surface area contributed by atoms with Crippen LogP contribution >= 0.6 is 34.8 Å². The van der Waals surface area contributed by atoms with Crippen LogP contribution in [0.2, 0.25) is 0 Å². The second-order valence-corrected chi connectivity index (χ2v) is 8.21. The summed E-state index contributed by atoms with van der Waals surface area (Å²) in [6.45, 7) is 8.15. The first kappa shape index (κ1) is 26.6. The van der Waals surface area contributed by atoms with Crippen molar-refractivity contribution in [3.63, 3.8) is 0 Å². The van der Waals surface area contributed by atoms with Gasteiger partial charge in [-0.15, -0.1) is 11.6 Å². The number of carbonyl (C=O) groups excluding carboxylic acids is 2. The first-order valence-corrected chi connectivity index (χ1v) is 10.9. The molecule has 0 aliphatic heterocycles. The van der Waals surface area contributed by atoms with Gasteiger partial charge in [0.1, 0.15) is 4.87 Å². The number of alkyl halides is 1. The van der Waals surface area contributed by atoms with Gasteiger partial charge in [-0.05, 0) is 33.1 Å². The minimum absolute atomic E-state index is 0.0805. The van der Waals surface area contributed by atoms with Crippen molar-refractivity contribution in [1.29, 1.82) is 0 Å². The first-order valence-electron chi connectivity index (χ1n) is 9.81. The Morgan fingerprint density at radius 2 is 1.52 bits per heavy atom. The first-order chi connectivity index (χ1) is 12.7.